The second-order valence-electron chi connectivity index (χ2n) is 5.14. The van der Waals surface area contributed by atoms with Crippen molar-refractivity contribution in [3.8, 4) is 11.6 Å². The summed E-state index contributed by atoms with van der Waals surface area (Å²) in [5.41, 5.74) is -0.356. The summed E-state index contributed by atoms with van der Waals surface area (Å²) in [6, 6.07) is 9.12. The van der Waals surface area contributed by atoms with E-state index in [4.69, 9.17) is 4.74 Å². The van der Waals surface area contributed by atoms with E-state index < -0.39 is 10.0 Å². The molecule has 26 heavy (non-hydrogen) atoms. The summed E-state index contributed by atoms with van der Waals surface area (Å²) in [4.78, 5) is 15.8. The number of aromatic nitrogens is 5. The molecule has 2 heterocycles. The highest BCUT2D eigenvalue weighted by Crippen LogP contribution is 2.22. The molecule has 0 atom stereocenters. The number of methoxy groups -OCH3 is 1. The predicted molar refractivity (Wildman–Crippen MR) is 91.6 cm³/mol. The van der Waals surface area contributed by atoms with E-state index in [1.54, 1.807) is 18.2 Å². The number of ether oxygens (including phenoxy) is 1. The fraction of sp³-hybridized carbons (Fsp3) is 0.200. The Bertz CT molecular complexity index is 1050. The van der Waals surface area contributed by atoms with Gasteiger partial charge in [0.25, 0.3) is 5.56 Å². The van der Waals surface area contributed by atoms with Crippen LogP contribution in [0.25, 0.3) is 5.82 Å². The number of benzene rings is 1. The molecule has 1 N–H and O–H groups in total. The highest BCUT2D eigenvalue weighted by atomic mass is 32.2. The van der Waals surface area contributed by atoms with Gasteiger partial charge in [0, 0.05) is 12.6 Å². The summed E-state index contributed by atoms with van der Waals surface area (Å²) in [6.07, 6.45) is 2.79. The Hall–Kier alpha value is -3.05. The second kappa shape index (κ2) is 7.45. The zero-order chi connectivity index (χ0) is 18.6. The van der Waals surface area contributed by atoms with Crippen molar-refractivity contribution in [3.63, 3.8) is 0 Å². The lowest BCUT2D eigenvalue weighted by Gasteiger charge is -2.11. The third-order valence-corrected chi connectivity index (χ3v) is 4.98. The Balaban J connectivity index is 1.74. The highest BCUT2D eigenvalue weighted by molar-refractivity contribution is 7.89. The zero-order valence-electron chi connectivity index (χ0n) is 13.8. The molecule has 0 amide bonds. The van der Waals surface area contributed by atoms with E-state index in [2.05, 4.69) is 19.9 Å². The van der Waals surface area contributed by atoms with Crippen molar-refractivity contribution in [1.82, 2.24) is 29.3 Å². The first-order valence-corrected chi connectivity index (χ1v) is 9.05. The van der Waals surface area contributed by atoms with Gasteiger partial charge in [-0.05, 0) is 18.2 Å². The first-order chi connectivity index (χ1) is 12.5. The van der Waals surface area contributed by atoms with Crippen LogP contribution in [0.3, 0.4) is 0 Å². The largest absolute Gasteiger partial charge is 0.495 e. The van der Waals surface area contributed by atoms with Crippen molar-refractivity contribution in [3.05, 3.63) is 59.4 Å². The molecule has 2 aromatic heterocycles. The predicted octanol–water partition coefficient (Wildman–Crippen LogP) is -0.189. The molecule has 0 bridgehead atoms. The molecule has 3 rings (SSSR count). The molecule has 10 nitrogen and oxygen atoms in total. The van der Waals surface area contributed by atoms with Gasteiger partial charge in [0.15, 0.2) is 5.82 Å². The van der Waals surface area contributed by atoms with Crippen LogP contribution in [0.1, 0.15) is 0 Å². The minimum Gasteiger partial charge on any atom is -0.495 e. The van der Waals surface area contributed by atoms with Crippen LogP contribution in [0.15, 0.2) is 58.7 Å². The van der Waals surface area contributed by atoms with E-state index in [0.717, 1.165) is 4.68 Å². The SMILES string of the molecule is COc1ccccc1S(=O)(=O)NCCn1nc(-n2cncn2)ccc1=O. The van der Waals surface area contributed by atoms with Gasteiger partial charge in [-0.2, -0.15) is 5.10 Å². The number of hydrogen-bond donors (Lipinski definition) is 1. The Morgan fingerprint density at radius 3 is 2.73 bits per heavy atom. The quantitative estimate of drug-likeness (QED) is 0.607. The Kier molecular flexibility index (Phi) is 5.09. The lowest BCUT2D eigenvalue weighted by Crippen LogP contribution is -2.32. The minimum absolute atomic E-state index is 0.0197. The minimum atomic E-state index is -3.79. The molecular weight excluding hydrogens is 360 g/mol. The molecule has 3 aromatic rings. The van der Waals surface area contributed by atoms with Gasteiger partial charge in [-0.25, -0.2) is 27.5 Å². The molecule has 0 fully saturated rings. The van der Waals surface area contributed by atoms with Crippen molar-refractivity contribution in [2.24, 2.45) is 0 Å². The summed E-state index contributed by atoms with van der Waals surface area (Å²) in [5, 5.41) is 8.08. The number of rotatable bonds is 7. The summed E-state index contributed by atoms with van der Waals surface area (Å²) >= 11 is 0. The second-order valence-corrected chi connectivity index (χ2v) is 6.88. The van der Waals surface area contributed by atoms with Crippen LogP contribution in [0.2, 0.25) is 0 Å². The van der Waals surface area contributed by atoms with E-state index in [1.165, 1.54) is 42.6 Å². The van der Waals surface area contributed by atoms with E-state index in [9.17, 15) is 13.2 Å². The number of nitrogens with one attached hydrogen (secondary N) is 1. The molecule has 136 valence electrons. The first-order valence-electron chi connectivity index (χ1n) is 7.57. The van der Waals surface area contributed by atoms with Gasteiger partial charge >= 0.3 is 0 Å². The molecule has 0 aliphatic carbocycles. The maximum Gasteiger partial charge on any atom is 0.266 e. The van der Waals surface area contributed by atoms with Gasteiger partial charge < -0.3 is 4.74 Å². The third-order valence-electron chi connectivity index (χ3n) is 3.48. The average molecular weight is 376 g/mol. The van der Waals surface area contributed by atoms with Crippen molar-refractivity contribution < 1.29 is 13.2 Å². The summed E-state index contributed by atoms with van der Waals surface area (Å²) in [5.74, 6) is 0.637. The van der Waals surface area contributed by atoms with Gasteiger partial charge in [0.1, 0.15) is 23.3 Å². The molecular formula is C15H16N6O4S. The van der Waals surface area contributed by atoms with Crippen LogP contribution in [0, 0.1) is 0 Å². The number of para-hydroxylation sites is 1. The molecule has 11 heteroatoms. The third kappa shape index (κ3) is 3.78. The van der Waals surface area contributed by atoms with Crippen LogP contribution in [-0.2, 0) is 16.6 Å². The van der Waals surface area contributed by atoms with E-state index in [1.807, 2.05) is 0 Å². The Labute approximate surface area is 149 Å². The summed E-state index contributed by atoms with van der Waals surface area (Å²) in [7, 11) is -2.39. The molecule has 0 spiro atoms. The van der Waals surface area contributed by atoms with Crippen molar-refractivity contribution >= 4 is 10.0 Å². The van der Waals surface area contributed by atoms with E-state index in [0.29, 0.717) is 5.82 Å². The van der Waals surface area contributed by atoms with Crippen molar-refractivity contribution in [2.75, 3.05) is 13.7 Å². The van der Waals surface area contributed by atoms with E-state index >= 15 is 0 Å². The van der Waals surface area contributed by atoms with E-state index in [-0.39, 0.29) is 29.3 Å². The van der Waals surface area contributed by atoms with Crippen molar-refractivity contribution in [1.29, 1.82) is 0 Å². The van der Waals surface area contributed by atoms with Gasteiger partial charge in [-0.1, -0.05) is 12.1 Å². The van der Waals surface area contributed by atoms with Crippen LogP contribution >= 0.6 is 0 Å². The van der Waals surface area contributed by atoms with Gasteiger partial charge in [0.05, 0.1) is 13.7 Å². The normalized spacial score (nSPS) is 11.4. The summed E-state index contributed by atoms with van der Waals surface area (Å²) < 4.78 is 34.9. The molecule has 0 saturated heterocycles. The Morgan fingerprint density at radius 2 is 2.00 bits per heavy atom. The molecule has 0 saturated carbocycles. The lowest BCUT2D eigenvalue weighted by molar-refractivity contribution is 0.402. The topological polar surface area (TPSA) is 121 Å². The lowest BCUT2D eigenvalue weighted by atomic mass is 10.3. The number of hydrogen-bond acceptors (Lipinski definition) is 7. The molecule has 0 aliphatic rings. The monoisotopic (exact) mass is 376 g/mol. The fourth-order valence-electron chi connectivity index (χ4n) is 2.25. The maximum atomic E-state index is 12.4. The maximum absolute atomic E-state index is 12.4. The van der Waals surface area contributed by atoms with Crippen molar-refractivity contribution in [2.45, 2.75) is 11.4 Å². The van der Waals surface area contributed by atoms with Gasteiger partial charge in [0.2, 0.25) is 10.0 Å². The fourth-order valence-corrected chi connectivity index (χ4v) is 3.44. The number of sulfonamides is 1. The molecule has 1 aromatic carbocycles. The highest BCUT2D eigenvalue weighted by Gasteiger charge is 2.18. The number of nitrogens with zero attached hydrogens (tertiary/aromatic N) is 5. The smallest absolute Gasteiger partial charge is 0.266 e. The Morgan fingerprint density at radius 1 is 1.19 bits per heavy atom. The average Bonchev–Trinajstić information content (AvgIpc) is 3.18. The van der Waals surface area contributed by atoms with Gasteiger partial charge in [-0.3, -0.25) is 4.79 Å². The van der Waals surface area contributed by atoms with Crippen LogP contribution in [-0.4, -0.2) is 46.6 Å². The van der Waals surface area contributed by atoms with Crippen LogP contribution in [0.4, 0.5) is 0 Å². The van der Waals surface area contributed by atoms with Crippen LogP contribution in [0.5, 0.6) is 5.75 Å². The first kappa shape index (κ1) is 17.8. The van der Waals surface area contributed by atoms with Crippen LogP contribution < -0.4 is 15.0 Å². The molecule has 0 aliphatic heterocycles. The molecule has 0 unspecified atom stereocenters. The zero-order valence-corrected chi connectivity index (χ0v) is 14.6. The van der Waals surface area contributed by atoms with Gasteiger partial charge in [-0.15, -0.1) is 5.10 Å². The summed E-state index contributed by atoms with van der Waals surface area (Å²) in [6.45, 7) is 0.0316. The standard InChI is InChI=1S/C15H16N6O4S/c1-25-12-4-2-3-5-13(12)26(23,24)18-8-9-20-15(22)7-6-14(19-20)21-11-16-10-17-21/h2-7,10-11,18H,8-9H2,1H3. The molecule has 0 radical (unpaired) electrons.